The molecule has 3 heterocycles. The normalized spacial score (nSPS) is 18.8. The van der Waals surface area contributed by atoms with Crippen LogP contribution in [0.1, 0.15) is 91.6 Å². The van der Waals surface area contributed by atoms with Crippen molar-refractivity contribution in [3.8, 4) is 0 Å². The molecule has 9 nitrogen and oxygen atoms in total. The Hall–Kier alpha value is -2.33. The van der Waals surface area contributed by atoms with Crippen LogP contribution >= 0.6 is 12.6 Å². The predicted molar refractivity (Wildman–Crippen MR) is 129 cm³/mol. The first-order chi connectivity index (χ1) is 15.8. The number of likely N-dealkylation sites (tertiary alicyclic amines) is 1. The van der Waals surface area contributed by atoms with Crippen LogP contribution in [0.4, 0.5) is 0 Å². The third kappa shape index (κ3) is 5.60. The second-order valence-corrected chi connectivity index (χ2v) is 10.3. The molecule has 0 radical (unpaired) electrons. The van der Waals surface area contributed by atoms with Crippen molar-refractivity contribution < 1.29 is 9.59 Å². The molecule has 0 aromatic carbocycles. The van der Waals surface area contributed by atoms with Crippen LogP contribution in [-0.2, 0) is 6.54 Å². The Morgan fingerprint density at radius 3 is 2.30 bits per heavy atom. The average Bonchev–Trinajstić information content (AvgIpc) is 3.34. The molecule has 1 aliphatic heterocycles. The number of piperidine rings is 1. The zero-order valence-corrected chi connectivity index (χ0v) is 20.6. The van der Waals surface area contributed by atoms with Crippen LogP contribution in [0.2, 0.25) is 0 Å². The molecule has 0 bridgehead atoms. The number of rotatable bonds is 8. The van der Waals surface area contributed by atoms with E-state index in [4.69, 9.17) is 5.10 Å². The second kappa shape index (κ2) is 10.3. The Morgan fingerprint density at radius 1 is 1.03 bits per heavy atom. The summed E-state index contributed by atoms with van der Waals surface area (Å²) in [5.41, 5.74) is 2.19. The van der Waals surface area contributed by atoms with Gasteiger partial charge in [0.25, 0.3) is 11.8 Å². The lowest BCUT2D eigenvalue weighted by Gasteiger charge is -2.32. The van der Waals surface area contributed by atoms with Crippen LogP contribution in [0.3, 0.4) is 0 Å². The van der Waals surface area contributed by atoms with Crippen LogP contribution in [0.5, 0.6) is 0 Å². The van der Waals surface area contributed by atoms with Gasteiger partial charge in [0.05, 0.1) is 23.2 Å². The molecular formula is C23H35N7O2S. The Kier molecular flexibility index (Phi) is 7.43. The highest BCUT2D eigenvalue weighted by Gasteiger charge is 2.28. The molecule has 2 N–H and O–H groups in total. The third-order valence-electron chi connectivity index (χ3n) is 6.39. The maximum atomic E-state index is 12.7. The maximum absolute atomic E-state index is 12.7. The van der Waals surface area contributed by atoms with Crippen molar-refractivity contribution in [2.45, 2.75) is 82.9 Å². The SMILES string of the molecule is CC(C)NC(=O)c1cc(CN2CCC(n3nccc3C(=O)NC(C)S)CC2)nn1C1CCC1. The van der Waals surface area contributed by atoms with E-state index in [1.807, 2.05) is 36.2 Å². The topological polar surface area (TPSA) is 97.1 Å². The van der Waals surface area contributed by atoms with Crippen molar-refractivity contribution in [2.75, 3.05) is 13.1 Å². The van der Waals surface area contributed by atoms with Crippen molar-refractivity contribution in [3.05, 3.63) is 35.4 Å². The molecule has 2 fully saturated rings. The van der Waals surface area contributed by atoms with Gasteiger partial charge in [0.1, 0.15) is 11.4 Å². The van der Waals surface area contributed by atoms with E-state index in [1.165, 1.54) is 6.42 Å². The van der Waals surface area contributed by atoms with Crippen LogP contribution in [0.25, 0.3) is 0 Å². The van der Waals surface area contributed by atoms with Gasteiger partial charge in [0, 0.05) is 31.9 Å². The summed E-state index contributed by atoms with van der Waals surface area (Å²) in [7, 11) is 0. The molecule has 33 heavy (non-hydrogen) atoms. The van der Waals surface area contributed by atoms with Gasteiger partial charge in [-0.1, -0.05) is 0 Å². The van der Waals surface area contributed by atoms with Gasteiger partial charge >= 0.3 is 0 Å². The predicted octanol–water partition coefficient (Wildman–Crippen LogP) is 2.79. The molecule has 2 aromatic rings. The van der Waals surface area contributed by atoms with Crippen molar-refractivity contribution in [1.82, 2.24) is 35.1 Å². The molecule has 1 aliphatic carbocycles. The van der Waals surface area contributed by atoms with Gasteiger partial charge in [-0.25, -0.2) is 0 Å². The fourth-order valence-corrected chi connectivity index (χ4v) is 4.65. The zero-order chi connectivity index (χ0) is 23.5. The average molecular weight is 474 g/mol. The van der Waals surface area contributed by atoms with E-state index in [0.717, 1.165) is 51.0 Å². The van der Waals surface area contributed by atoms with Crippen molar-refractivity contribution in [1.29, 1.82) is 0 Å². The number of nitrogens with one attached hydrogen (secondary N) is 2. The van der Waals surface area contributed by atoms with Gasteiger partial charge in [0.15, 0.2) is 0 Å². The number of amides is 2. The summed E-state index contributed by atoms with van der Waals surface area (Å²) in [5.74, 6) is -0.194. The van der Waals surface area contributed by atoms with Gasteiger partial charge in [-0.05, 0) is 65.0 Å². The summed E-state index contributed by atoms with van der Waals surface area (Å²) < 4.78 is 3.79. The molecule has 2 aromatic heterocycles. The van der Waals surface area contributed by atoms with Gasteiger partial charge in [0.2, 0.25) is 0 Å². The number of nitrogens with zero attached hydrogens (tertiary/aromatic N) is 5. The number of carbonyl (C=O) groups is 2. The molecule has 180 valence electrons. The summed E-state index contributed by atoms with van der Waals surface area (Å²) >= 11 is 4.25. The zero-order valence-electron chi connectivity index (χ0n) is 19.7. The van der Waals surface area contributed by atoms with E-state index in [1.54, 1.807) is 12.3 Å². The number of thiol groups is 1. The van der Waals surface area contributed by atoms with Gasteiger partial charge in [-0.2, -0.15) is 22.8 Å². The smallest absolute Gasteiger partial charge is 0.270 e. The highest BCUT2D eigenvalue weighted by atomic mass is 32.1. The molecule has 1 unspecified atom stereocenters. The standard InChI is InChI=1S/C23H35N7O2S/c1-15(2)25-23(32)21-13-17(27-30(21)18-5-4-6-18)14-28-11-8-19(9-12-28)29-20(7-10-24-29)22(31)26-16(3)33/h7,10,13,15-16,18-19,33H,4-6,8-9,11-12,14H2,1-3H3,(H,25,32)(H,26,31). The monoisotopic (exact) mass is 473 g/mol. The van der Waals surface area contributed by atoms with E-state index in [9.17, 15) is 9.59 Å². The van der Waals surface area contributed by atoms with E-state index in [0.29, 0.717) is 17.4 Å². The van der Waals surface area contributed by atoms with Crippen molar-refractivity contribution >= 4 is 24.4 Å². The highest BCUT2D eigenvalue weighted by Crippen LogP contribution is 2.33. The van der Waals surface area contributed by atoms with Crippen LogP contribution in [0.15, 0.2) is 18.3 Å². The lowest BCUT2D eigenvalue weighted by molar-refractivity contribution is 0.0919. The molecule has 2 amide bonds. The number of carbonyl (C=O) groups excluding carboxylic acids is 2. The number of hydrogen-bond acceptors (Lipinski definition) is 6. The lowest BCUT2D eigenvalue weighted by Crippen LogP contribution is -2.37. The summed E-state index contributed by atoms with van der Waals surface area (Å²) in [6.07, 6.45) is 6.85. The van der Waals surface area contributed by atoms with Gasteiger partial charge < -0.3 is 10.6 Å². The van der Waals surface area contributed by atoms with Crippen molar-refractivity contribution in [3.63, 3.8) is 0 Å². The molecule has 0 spiro atoms. The minimum Gasteiger partial charge on any atom is -0.349 e. The molecule has 2 aliphatic rings. The first-order valence-corrected chi connectivity index (χ1v) is 12.5. The Morgan fingerprint density at radius 2 is 1.70 bits per heavy atom. The van der Waals surface area contributed by atoms with Gasteiger partial charge in [-0.3, -0.25) is 23.9 Å². The fraction of sp³-hybridized carbons (Fsp3) is 0.652. The van der Waals surface area contributed by atoms with Crippen LogP contribution < -0.4 is 10.6 Å². The Balaban J connectivity index is 1.39. The molecule has 10 heteroatoms. The Bertz CT molecular complexity index is 971. The first kappa shape index (κ1) is 23.8. The molecule has 4 rings (SSSR count). The summed E-state index contributed by atoms with van der Waals surface area (Å²) in [4.78, 5) is 27.5. The minimum absolute atomic E-state index is 0.0469. The largest absolute Gasteiger partial charge is 0.349 e. The second-order valence-electron chi connectivity index (χ2n) is 9.50. The third-order valence-corrected chi connectivity index (χ3v) is 6.52. The molecule has 1 saturated heterocycles. The number of hydrogen-bond donors (Lipinski definition) is 3. The molecule has 1 atom stereocenters. The fourth-order valence-electron chi connectivity index (χ4n) is 4.54. The maximum Gasteiger partial charge on any atom is 0.270 e. The summed E-state index contributed by atoms with van der Waals surface area (Å²) in [6.45, 7) is 8.26. The van der Waals surface area contributed by atoms with Gasteiger partial charge in [-0.15, -0.1) is 0 Å². The lowest BCUT2D eigenvalue weighted by atomic mass is 9.93. The minimum atomic E-state index is -0.213. The quantitative estimate of drug-likeness (QED) is 0.405. The van der Waals surface area contributed by atoms with E-state index in [-0.39, 0.29) is 29.3 Å². The van der Waals surface area contributed by atoms with Crippen molar-refractivity contribution in [2.24, 2.45) is 0 Å². The van der Waals surface area contributed by atoms with Crippen LogP contribution in [0, 0.1) is 0 Å². The highest BCUT2D eigenvalue weighted by molar-refractivity contribution is 7.80. The van der Waals surface area contributed by atoms with E-state index in [2.05, 4.69) is 33.3 Å². The molecular weight excluding hydrogens is 438 g/mol. The van der Waals surface area contributed by atoms with E-state index >= 15 is 0 Å². The molecule has 1 saturated carbocycles. The van der Waals surface area contributed by atoms with Crippen LogP contribution in [-0.4, -0.2) is 60.8 Å². The first-order valence-electron chi connectivity index (χ1n) is 12.0. The van der Waals surface area contributed by atoms with E-state index < -0.39 is 0 Å². The summed E-state index contributed by atoms with van der Waals surface area (Å²) in [6, 6.07) is 4.33. The summed E-state index contributed by atoms with van der Waals surface area (Å²) in [5, 5.41) is 14.9. The Labute approximate surface area is 200 Å². The number of aromatic nitrogens is 4.